The first-order valence-corrected chi connectivity index (χ1v) is 13.4. The highest BCUT2D eigenvalue weighted by Gasteiger charge is 2.34. The van der Waals surface area contributed by atoms with Crippen LogP contribution in [-0.4, -0.2) is 51.9 Å². The summed E-state index contributed by atoms with van der Waals surface area (Å²) >= 11 is 3.43. The van der Waals surface area contributed by atoms with E-state index >= 15 is 0 Å². The number of carboxylic acid groups (broad SMARTS) is 1. The van der Waals surface area contributed by atoms with Gasteiger partial charge in [0, 0.05) is 31.9 Å². The second-order valence-electron chi connectivity index (χ2n) is 7.88. The molecule has 2 aromatic heterocycles. The molecule has 1 fully saturated rings. The van der Waals surface area contributed by atoms with Gasteiger partial charge in [-0.1, -0.05) is 19.6 Å². The van der Waals surface area contributed by atoms with Crippen molar-refractivity contribution in [2.45, 2.75) is 51.3 Å². The van der Waals surface area contributed by atoms with Crippen molar-refractivity contribution in [3.05, 3.63) is 22.6 Å². The van der Waals surface area contributed by atoms with Gasteiger partial charge in [-0.15, -0.1) is 0 Å². The molecule has 142 valence electrons. The van der Waals surface area contributed by atoms with Gasteiger partial charge in [0.2, 0.25) is 0 Å². The molecule has 1 aliphatic heterocycles. The van der Waals surface area contributed by atoms with Gasteiger partial charge in [0.15, 0.2) is 5.65 Å². The lowest BCUT2D eigenvalue weighted by molar-refractivity contribution is 0.0828. The smallest absolute Gasteiger partial charge is 0.407 e. The third-order valence-corrected chi connectivity index (χ3v) is 6.73. The number of hydrogen-bond donors (Lipinski definition) is 1. The maximum absolute atomic E-state index is 11.6. The van der Waals surface area contributed by atoms with Crippen LogP contribution in [0.3, 0.4) is 0 Å². The molecule has 3 rings (SSSR count). The molecular formula is C17H25BrN4O3Si. The summed E-state index contributed by atoms with van der Waals surface area (Å²) in [6.07, 6.45) is 2.44. The van der Waals surface area contributed by atoms with Gasteiger partial charge in [0.05, 0.1) is 6.04 Å². The highest BCUT2D eigenvalue weighted by Crippen LogP contribution is 2.33. The van der Waals surface area contributed by atoms with E-state index in [1.165, 1.54) is 4.90 Å². The largest absolute Gasteiger partial charge is 0.465 e. The first kappa shape index (κ1) is 19.3. The van der Waals surface area contributed by atoms with Gasteiger partial charge >= 0.3 is 6.09 Å². The zero-order valence-corrected chi connectivity index (χ0v) is 18.0. The minimum Gasteiger partial charge on any atom is -0.465 e. The summed E-state index contributed by atoms with van der Waals surface area (Å²) in [5.41, 5.74) is 1.48. The van der Waals surface area contributed by atoms with Crippen LogP contribution in [0.4, 0.5) is 4.79 Å². The number of hydrogen-bond acceptors (Lipinski definition) is 4. The van der Waals surface area contributed by atoms with E-state index in [0.29, 0.717) is 19.9 Å². The number of rotatable bonds is 6. The fourth-order valence-corrected chi connectivity index (χ4v) is 4.26. The number of fused-ring (bicyclic) bond motifs is 1. The molecule has 1 atom stereocenters. The van der Waals surface area contributed by atoms with E-state index in [0.717, 1.165) is 40.3 Å². The fourth-order valence-electron chi connectivity index (χ4n) is 3.18. The molecule has 7 nitrogen and oxygen atoms in total. The molecule has 0 bridgehead atoms. The van der Waals surface area contributed by atoms with E-state index in [2.05, 4.69) is 40.6 Å². The van der Waals surface area contributed by atoms with Gasteiger partial charge in [-0.3, -0.25) is 9.47 Å². The highest BCUT2D eigenvalue weighted by atomic mass is 79.9. The van der Waals surface area contributed by atoms with Crippen LogP contribution >= 0.6 is 15.9 Å². The summed E-state index contributed by atoms with van der Waals surface area (Å²) in [5, 5.41) is 9.50. The molecule has 2 aromatic rings. The lowest BCUT2D eigenvalue weighted by Gasteiger charge is -2.22. The van der Waals surface area contributed by atoms with Crippen molar-refractivity contribution in [3.63, 3.8) is 0 Å². The Bertz CT molecular complexity index is 805. The summed E-state index contributed by atoms with van der Waals surface area (Å²) < 4.78 is 8.71. The second-order valence-corrected chi connectivity index (χ2v) is 14.4. The van der Waals surface area contributed by atoms with E-state index in [9.17, 15) is 9.90 Å². The van der Waals surface area contributed by atoms with Gasteiger partial charge < -0.3 is 9.84 Å². The van der Waals surface area contributed by atoms with Gasteiger partial charge in [0.1, 0.15) is 18.1 Å². The van der Waals surface area contributed by atoms with Gasteiger partial charge in [-0.2, -0.15) is 0 Å². The minimum absolute atomic E-state index is 0.249. The number of aromatic nitrogens is 3. The summed E-state index contributed by atoms with van der Waals surface area (Å²) in [7, 11) is -1.16. The molecule has 0 radical (unpaired) electrons. The molecule has 9 heteroatoms. The summed E-state index contributed by atoms with van der Waals surface area (Å²) in [6.45, 7) is 8.52. The summed E-state index contributed by atoms with van der Waals surface area (Å²) in [6, 6.07) is 2.74. The Labute approximate surface area is 162 Å². The van der Waals surface area contributed by atoms with E-state index in [4.69, 9.17) is 9.72 Å². The van der Waals surface area contributed by atoms with E-state index < -0.39 is 14.2 Å². The van der Waals surface area contributed by atoms with Crippen LogP contribution in [0.15, 0.2) is 16.7 Å². The Kier molecular flexibility index (Phi) is 5.69. The molecule has 0 aliphatic carbocycles. The number of nitrogens with zero attached hydrogens (tertiary/aromatic N) is 4. The van der Waals surface area contributed by atoms with Crippen LogP contribution < -0.4 is 0 Å². The third kappa shape index (κ3) is 4.26. The molecular weight excluding hydrogens is 416 g/mol. The number of imidazole rings is 1. The van der Waals surface area contributed by atoms with Crippen LogP contribution in [0.1, 0.15) is 24.7 Å². The molecule has 0 aromatic carbocycles. The topological polar surface area (TPSA) is 80.5 Å². The van der Waals surface area contributed by atoms with Crippen molar-refractivity contribution < 1.29 is 14.6 Å². The monoisotopic (exact) mass is 440 g/mol. The zero-order chi connectivity index (χ0) is 18.9. The van der Waals surface area contributed by atoms with Crippen LogP contribution in [-0.2, 0) is 11.5 Å². The van der Waals surface area contributed by atoms with Gasteiger partial charge in [-0.25, -0.2) is 14.8 Å². The van der Waals surface area contributed by atoms with Crippen molar-refractivity contribution >= 4 is 41.3 Å². The molecule has 1 N–H and O–H groups in total. The predicted octanol–water partition coefficient (Wildman–Crippen LogP) is 4.32. The first-order chi connectivity index (χ1) is 12.3. The van der Waals surface area contributed by atoms with Crippen LogP contribution in [0.5, 0.6) is 0 Å². The van der Waals surface area contributed by atoms with Crippen molar-refractivity contribution in [1.29, 1.82) is 0 Å². The minimum atomic E-state index is -1.16. The molecule has 3 heterocycles. The first-order valence-electron chi connectivity index (χ1n) is 8.85. The molecule has 1 aliphatic rings. The molecule has 0 saturated carbocycles. The average molecular weight is 441 g/mol. The normalized spacial score (nSPS) is 18.0. The second kappa shape index (κ2) is 7.65. The number of carbonyl (C=O) groups is 1. The standard InChI is InChI=1S/C17H25BrN4O3Si/c1-26(2,3)8-7-25-11-22-15-13(9-12(18)10-19-15)20-16(22)14-5-4-6-21(14)17(23)24/h9-10,14H,4-8,11H2,1-3H3,(H,23,24). The van der Waals surface area contributed by atoms with E-state index in [-0.39, 0.29) is 6.04 Å². The van der Waals surface area contributed by atoms with E-state index in [1.807, 2.05) is 10.6 Å². The highest BCUT2D eigenvalue weighted by molar-refractivity contribution is 9.10. The summed E-state index contributed by atoms with van der Waals surface area (Å²) in [5.74, 6) is 0.721. The quantitative estimate of drug-likeness (QED) is 0.534. The summed E-state index contributed by atoms with van der Waals surface area (Å²) in [4.78, 5) is 22.2. The Morgan fingerprint density at radius 2 is 2.23 bits per heavy atom. The lowest BCUT2D eigenvalue weighted by Crippen LogP contribution is -2.30. The SMILES string of the molecule is C[Si](C)(C)CCOCn1c(C2CCCN2C(=O)O)nc2cc(Br)cnc21. The molecule has 1 amide bonds. The molecule has 26 heavy (non-hydrogen) atoms. The zero-order valence-electron chi connectivity index (χ0n) is 15.4. The maximum Gasteiger partial charge on any atom is 0.407 e. The number of pyridine rings is 1. The van der Waals surface area contributed by atoms with Crippen LogP contribution in [0, 0.1) is 0 Å². The van der Waals surface area contributed by atoms with Crippen molar-refractivity contribution in [1.82, 2.24) is 19.4 Å². The van der Waals surface area contributed by atoms with Crippen LogP contribution in [0.2, 0.25) is 25.7 Å². The average Bonchev–Trinajstić information content (AvgIpc) is 3.14. The van der Waals surface area contributed by atoms with Crippen LogP contribution in [0.25, 0.3) is 11.2 Å². The number of likely N-dealkylation sites (tertiary alicyclic amines) is 1. The number of ether oxygens (including phenoxy) is 1. The van der Waals surface area contributed by atoms with Crippen molar-refractivity contribution in [2.75, 3.05) is 13.2 Å². The Hall–Kier alpha value is -1.45. The third-order valence-electron chi connectivity index (χ3n) is 4.59. The fraction of sp³-hybridized carbons (Fsp3) is 0.588. The number of halogens is 1. The lowest BCUT2D eigenvalue weighted by atomic mass is 10.2. The molecule has 1 saturated heterocycles. The predicted molar refractivity (Wildman–Crippen MR) is 106 cm³/mol. The van der Waals surface area contributed by atoms with Crippen molar-refractivity contribution in [3.8, 4) is 0 Å². The Morgan fingerprint density at radius 1 is 1.46 bits per heavy atom. The number of amides is 1. The Balaban J connectivity index is 1.90. The van der Waals surface area contributed by atoms with Gasteiger partial charge in [-0.05, 0) is 40.9 Å². The Morgan fingerprint density at radius 3 is 2.92 bits per heavy atom. The molecule has 1 unspecified atom stereocenters. The van der Waals surface area contributed by atoms with E-state index in [1.54, 1.807) is 6.20 Å². The van der Waals surface area contributed by atoms with Gasteiger partial charge in [0.25, 0.3) is 0 Å². The van der Waals surface area contributed by atoms with Crippen molar-refractivity contribution in [2.24, 2.45) is 0 Å². The maximum atomic E-state index is 11.6. The molecule has 0 spiro atoms.